The molecule has 4 rings (SSSR count). The molecule has 6 heteroatoms. The van der Waals surface area contributed by atoms with Crippen molar-refractivity contribution in [2.24, 2.45) is 0 Å². The Hall–Kier alpha value is -2.96. The molecule has 1 heterocycles. The van der Waals surface area contributed by atoms with Gasteiger partial charge in [0.05, 0.1) is 23.7 Å². The van der Waals surface area contributed by atoms with Crippen LogP contribution in [0.3, 0.4) is 0 Å². The van der Waals surface area contributed by atoms with Gasteiger partial charge in [-0.05, 0) is 42.6 Å². The van der Waals surface area contributed by atoms with Crippen LogP contribution in [0.1, 0.15) is 5.56 Å². The Morgan fingerprint density at radius 2 is 1.83 bits per heavy atom. The molecular weight excluding hydrogens is 394 g/mol. The fourth-order valence-corrected chi connectivity index (χ4v) is 4.46. The highest BCUT2D eigenvalue weighted by atomic mass is 32.1. The molecule has 1 amide bonds. The van der Waals surface area contributed by atoms with Crippen molar-refractivity contribution in [3.63, 3.8) is 0 Å². The third kappa shape index (κ3) is 4.30. The largest absolute Gasteiger partial charge is 0.497 e. The van der Waals surface area contributed by atoms with E-state index in [1.165, 1.54) is 11.3 Å². The first kappa shape index (κ1) is 20.3. The molecule has 0 bridgehead atoms. The number of anilines is 1. The van der Waals surface area contributed by atoms with Crippen LogP contribution in [0.2, 0.25) is 0 Å². The second-order valence-electron chi connectivity index (χ2n) is 7.49. The smallest absolute Gasteiger partial charge is 0.233 e. The summed E-state index contributed by atoms with van der Waals surface area (Å²) < 4.78 is 6.36. The van der Waals surface area contributed by atoms with Gasteiger partial charge in [0.25, 0.3) is 0 Å². The van der Waals surface area contributed by atoms with Crippen molar-refractivity contribution in [1.82, 2.24) is 9.88 Å². The molecule has 0 fully saturated rings. The maximum Gasteiger partial charge on any atom is 0.233 e. The number of rotatable bonds is 7. The lowest BCUT2D eigenvalue weighted by Crippen LogP contribution is -2.37. The maximum absolute atomic E-state index is 13.4. The summed E-state index contributed by atoms with van der Waals surface area (Å²) in [4.78, 5) is 22.1. The van der Waals surface area contributed by atoms with Crippen LogP contribution in [-0.4, -0.2) is 50.1 Å². The lowest BCUT2D eigenvalue weighted by molar-refractivity contribution is -0.118. The quantitative estimate of drug-likeness (QED) is 0.439. The zero-order valence-corrected chi connectivity index (χ0v) is 18.3. The van der Waals surface area contributed by atoms with Crippen molar-refractivity contribution in [2.45, 2.75) is 6.42 Å². The van der Waals surface area contributed by atoms with E-state index in [-0.39, 0.29) is 5.91 Å². The average molecular weight is 420 g/mol. The van der Waals surface area contributed by atoms with Gasteiger partial charge >= 0.3 is 0 Å². The van der Waals surface area contributed by atoms with Crippen LogP contribution in [0.5, 0.6) is 5.75 Å². The number of hydrogen-bond acceptors (Lipinski definition) is 5. The van der Waals surface area contributed by atoms with Gasteiger partial charge in [-0.3, -0.25) is 9.69 Å². The third-order valence-corrected chi connectivity index (χ3v) is 6.17. The summed E-state index contributed by atoms with van der Waals surface area (Å²) in [6.45, 7) is 1.36. The molecule has 5 nitrogen and oxygen atoms in total. The van der Waals surface area contributed by atoms with Gasteiger partial charge in [-0.25, -0.2) is 4.98 Å². The Morgan fingerprint density at radius 1 is 1.03 bits per heavy atom. The molecule has 0 saturated carbocycles. The number of aromatic nitrogens is 1. The van der Waals surface area contributed by atoms with E-state index in [4.69, 9.17) is 9.72 Å². The molecule has 0 saturated heterocycles. The van der Waals surface area contributed by atoms with E-state index in [1.807, 2.05) is 61.5 Å². The number of amides is 1. The van der Waals surface area contributed by atoms with Gasteiger partial charge in [-0.15, -0.1) is 0 Å². The summed E-state index contributed by atoms with van der Waals surface area (Å²) in [5.74, 6) is 0.820. The van der Waals surface area contributed by atoms with Crippen LogP contribution in [0.4, 0.5) is 5.13 Å². The minimum atomic E-state index is 0.0548. The highest BCUT2D eigenvalue weighted by Gasteiger charge is 2.21. The van der Waals surface area contributed by atoms with Crippen LogP contribution in [0.15, 0.2) is 60.7 Å². The zero-order chi connectivity index (χ0) is 21.1. The monoisotopic (exact) mass is 419 g/mol. The molecular formula is C24H25N3O2S. The van der Waals surface area contributed by atoms with E-state index < -0.39 is 0 Å². The van der Waals surface area contributed by atoms with Gasteiger partial charge in [0.15, 0.2) is 5.13 Å². The van der Waals surface area contributed by atoms with E-state index in [0.717, 1.165) is 44.0 Å². The molecule has 0 N–H and O–H groups in total. The standard InChI is InChI=1S/C24H25N3O2S/c1-26(2)13-14-27(24-25-21-16-19(29-3)11-12-22(21)30-24)23(28)15-18-9-6-8-17-7-4-5-10-20(17)18/h4-12,16H,13-15H2,1-3H3. The maximum atomic E-state index is 13.4. The van der Waals surface area contributed by atoms with E-state index in [1.54, 1.807) is 7.11 Å². The summed E-state index contributed by atoms with van der Waals surface area (Å²) in [6, 6.07) is 20.1. The Morgan fingerprint density at radius 3 is 2.63 bits per heavy atom. The number of hydrogen-bond donors (Lipinski definition) is 0. The number of carbonyl (C=O) groups excluding carboxylic acids is 1. The predicted octanol–water partition coefficient (Wildman–Crippen LogP) is 4.60. The summed E-state index contributed by atoms with van der Waals surface area (Å²) >= 11 is 1.54. The number of likely N-dealkylation sites (N-methyl/N-ethyl adjacent to an activating group) is 1. The number of nitrogens with zero attached hydrogens (tertiary/aromatic N) is 3. The Balaban J connectivity index is 1.67. The average Bonchev–Trinajstić information content (AvgIpc) is 3.16. The van der Waals surface area contributed by atoms with Gasteiger partial charge in [-0.1, -0.05) is 53.8 Å². The van der Waals surface area contributed by atoms with E-state index in [9.17, 15) is 4.79 Å². The Bertz CT molecular complexity index is 1180. The first-order valence-corrected chi connectivity index (χ1v) is 10.7. The molecule has 0 unspecified atom stereocenters. The van der Waals surface area contributed by atoms with Gasteiger partial charge in [0.2, 0.25) is 5.91 Å². The molecule has 0 atom stereocenters. The SMILES string of the molecule is COc1ccc2sc(N(CCN(C)C)C(=O)Cc3cccc4ccccc34)nc2c1. The molecule has 0 aliphatic carbocycles. The van der Waals surface area contributed by atoms with Crippen molar-refractivity contribution in [3.8, 4) is 5.75 Å². The topological polar surface area (TPSA) is 45.7 Å². The molecule has 4 aromatic rings. The van der Waals surface area contributed by atoms with E-state index in [0.29, 0.717) is 13.0 Å². The molecule has 0 aliphatic rings. The summed E-state index contributed by atoms with van der Waals surface area (Å²) in [7, 11) is 5.67. The molecule has 0 radical (unpaired) electrons. The summed E-state index contributed by atoms with van der Waals surface area (Å²) in [6.07, 6.45) is 0.341. The van der Waals surface area contributed by atoms with Crippen LogP contribution in [-0.2, 0) is 11.2 Å². The lowest BCUT2D eigenvalue weighted by atomic mass is 10.0. The molecule has 154 valence electrons. The van der Waals surface area contributed by atoms with Crippen molar-refractivity contribution in [1.29, 1.82) is 0 Å². The van der Waals surface area contributed by atoms with E-state index >= 15 is 0 Å². The lowest BCUT2D eigenvalue weighted by Gasteiger charge is -2.22. The summed E-state index contributed by atoms with van der Waals surface area (Å²) in [5.41, 5.74) is 1.89. The Kier molecular flexibility index (Phi) is 5.97. The number of fused-ring (bicyclic) bond motifs is 2. The predicted molar refractivity (Wildman–Crippen MR) is 125 cm³/mol. The van der Waals surface area contributed by atoms with E-state index in [2.05, 4.69) is 23.1 Å². The minimum Gasteiger partial charge on any atom is -0.497 e. The summed E-state index contributed by atoms with van der Waals surface area (Å²) in [5, 5.41) is 3.00. The van der Waals surface area contributed by atoms with Crippen LogP contribution in [0, 0.1) is 0 Å². The van der Waals surface area contributed by atoms with Crippen molar-refractivity contribution in [2.75, 3.05) is 39.2 Å². The van der Waals surface area contributed by atoms with Gasteiger partial charge in [-0.2, -0.15) is 0 Å². The van der Waals surface area contributed by atoms with Crippen molar-refractivity contribution < 1.29 is 9.53 Å². The van der Waals surface area contributed by atoms with Crippen LogP contribution >= 0.6 is 11.3 Å². The van der Waals surface area contributed by atoms with Gasteiger partial charge in [0, 0.05) is 19.2 Å². The fourth-order valence-electron chi connectivity index (χ4n) is 3.47. The molecule has 1 aromatic heterocycles. The number of ether oxygens (including phenoxy) is 1. The first-order valence-electron chi connectivity index (χ1n) is 9.91. The van der Waals surface area contributed by atoms with Gasteiger partial charge < -0.3 is 9.64 Å². The number of carbonyl (C=O) groups is 1. The molecule has 30 heavy (non-hydrogen) atoms. The first-order chi connectivity index (χ1) is 14.5. The van der Waals surface area contributed by atoms with Crippen LogP contribution < -0.4 is 9.64 Å². The van der Waals surface area contributed by atoms with Crippen LogP contribution in [0.25, 0.3) is 21.0 Å². The third-order valence-electron chi connectivity index (χ3n) is 5.11. The number of benzene rings is 3. The molecule has 0 aliphatic heterocycles. The Labute approximate surface area is 180 Å². The molecule has 0 spiro atoms. The second kappa shape index (κ2) is 8.81. The van der Waals surface area contributed by atoms with Crippen molar-refractivity contribution in [3.05, 3.63) is 66.2 Å². The zero-order valence-electron chi connectivity index (χ0n) is 17.5. The number of methoxy groups -OCH3 is 1. The highest BCUT2D eigenvalue weighted by molar-refractivity contribution is 7.22. The highest BCUT2D eigenvalue weighted by Crippen LogP contribution is 2.32. The minimum absolute atomic E-state index is 0.0548. The second-order valence-corrected chi connectivity index (χ2v) is 8.50. The normalized spacial score (nSPS) is 11.3. The fraction of sp³-hybridized carbons (Fsp3) is 0.250. The number of thiazole rings is 1. The van der Waals surface area contributed by atoms with Crippen molar-refractivity contribution >= 4 is 43.4 Å². The van der Waals surface area contributed by atoms with Gasteiger partial charge in [0.1, 0.15) is 5.75 Å². The molecule has 3 aromatic carbocycles.